The van der Waals surface area contributed by atoms with Crippen molar-refractivity contribution in [3.05, 3.63) is 0 Å². The van der Waals surface area contributed by atoms with Crippen LogP contribution in [0.25, 0.3) is 0 Å². The van der Waals surface area contributed by atoms with Crippen molar-refractivity contribution in [3.63, 3.8) is 0 Å². The first-order valence-corrected chi connectivity index (χ1v) is 4.10. The summed E-state index contributed by atoms with van der Waals surface area (Å²) >= 11 is 0. The lowest BCUT2D eigenvalue weighted by molar-refractivity contribution is -0.150. The molecule has 1 heterocycles. The van der Waals surface area contributed by atoms with E-state index < -0.39 is 12.0 Å². The van der Waals surface area contributed by atoms with Crippen molar-refractivity contribution in [1.29, 1.82) is 0 Å². The van der Waals surface area contributed by atoms with Crippen LogP contribution >= 0.6 is 0 Å². The molecule has 2 unspecified atom stereocenters. The Labute approximate surface area is 71.2 Å². The molecular formula is C8H13NO3. The van der Waals surface area contributed by atoms with Gasteiger partial charge in [-0.1, -0.05) is 6.92 Å². The minimum absolute atomic E-state index is 0.0708. The summed E-state index contributed by atoms with van der Waals surface area (Å²) in [4.78, 5) is 22.6. The molecule has 0 bridgehead atoms. The number of carboxylic acids is 1. The highest BCUT2D eigenvalue weighted by Crippen LogP contribution is 2.21. The summed E-state index contributed by atoms with van der Waals surface area (Å²) in [7, 11) is 0. The lowest BCUT2D eigenvalue weighted by Crippen LogP contribution is -2.48. The second kappa shape index (κ2) is 3.56. The number of likely N-dealkylation sites (tertiary alicyclic amines) is 1. The van der Waals surface area contributed by atoms with Crippen molar-refractivity contribution in [2.24, 2.45) is 5.92 Å². The summed E-state index contributed by atoms with van der Waals surface area (Å²) in [5.74, 6) is -0.823. The van der Waals surface area contributed by atoms with Crippen molar-refractivity contribution < 1.29 is 14.7 Å². The van der Waals surface area contributed by atoms with Crippen LogP contribution in [0.1, 0.15) is 19.8 Å². The highest BCUT2D eigenvalue weighted by molar-refractivity contribution is 5.76. The molecule has 4 heteroatoms. The van der Waals surface area contributed by atoms with Crippen LogP contribution in [-0.4, -0.2) is 35.0 Å². The molecule has 0 saturated carbocycles. The van der Waals surface area contributed by atoms with E-state index in [9.17, 15) is 9.59 Å². The average Bonchev–Trinajstić information content (AvgIpc) is 2.03. The van der Waals surface area contributed by atoms with E-state index in [0.29, 0.717) is 13.0 Å². The number of carbonyl (C=O) groups excluding carboxylic acids is 1. The predicted molar refractivity (Wildman–Crippen MR) is 42.6 cm³/mol. The first-order valence-electron chi connectivity index (χ1n) is 4.10. The SMILES string of the molecule is CC1CCCN(C=O)C1C(=O)O. The molecule has 1 rings (SSSR count). The first-order chi connectivity index (χ1) is 5.66. The summed E-state index contributed by atoms with van der Waals surface area (Å²) in [6.45, 7) is 2.44. The summed E-state index contributed by atoms with van der Waals surface area (Å²) < 4.78 is 0. The van der Waals surface area contributed by atoms with Gasteiger partial charge in [-0.25, -0.2) is 4.79 Å². The van der Waals surface area contributed by atoms with Crippen molar-refractivity contribution >= 4 is 12.4 Å². The molecule has 1 saturated heterocycles. The zero-order chi connectivity index (χ0) is 9.14. The zero-order valence-corrected chi connectivity index (χ0v) is 7.06. The quantitative estimate of drug-likeness (QED) is 0.609. The van der Waals surface area contributed by atoms with Crippen molar-refractivity contribution in [3.8, 4) is 0 Å². The highest BCUT2D eigenvalue weighted by atomic mass is 16.4. The Balaban J connectivity index is 2.72. The van der Waals surface area contributed by atoms with Crippen molar-refractivity contribution in [2.75, 3.05) is 6.54 Å². The number of carboxylic acid groups (broad SMARTS) is 1. The van der Waals surface area contributed by atoms with Gasteiger partial charge >= 0.3 is 5.97 Å². The van der Waals surface area contributed by atoms with Crippen LogP contribution in [0.4, 0.5) is 0 Å². The Bertz CT molecular complexity index is 193. The van der Waals surface area contributed by atoms with Crippen LogP contribution in [-0.2, 0) is 9.59 Å². The van der Waals surface area contributed by atoms with E-state index in [4.69, 9.17) is 5.11 Å². The van der Waals surface area contributed by atoms with Crippen LogP contribution in [0.3, 0.4) is 0 Å². The molecule has 1 fully saturated rings. The van der Waals surface area contributed by atoms with Crippen LogP contribution in [0, 0.1) is 5.92 Å². The Kier molecular flexibility index (Phi) is 2.68. The summed E-state index contributed by atoms with van der Waals surface area (Å²) in [5.41, 5.74) is 0. The largest absolute Gasteiger partial charge is 0.480 e. The first kappa shape index (κ1) is 9.03. The van der Waals surface area contributed by atoms with Gasteiger partial charge in [0.2, 0.25) is 6.41 Å². The van der Waals surface area contributed by atoms with E-state index >= 15 is 0 Å². The molecular weight excluding hydrogens is 158 g/mol. The second-order valence-corrected chi connectivity index (χ2v) is 3.25. The Morgan fingerprint density at radius 2 is 2.33 bits per heavy atom. The predicted octanol–water partition coefficient (Wildman–Crippen LogP) is 0.328. The minimum atomic E-state index is -0.894. The van der Waals surface area contributed by atoms with E-state index in [1.807, 2.05) is 6.92 Å². The van der Waals surface area contributed by atoms with Gasteiger partial charge < -0.3 is 10.0 Å². The molecule has 1 aliphatic heterocycles. The van der Waals surface area contributed by atoms with Crippen molar-refractivity contribution in [2.45, 2.75) is 25.8 Å². The summed E-state index contributed by atoms with van der Waals surface area (Å²) in [5, 5.41) is 8.81. The number of rotatable bonds is 2. The topological polar surface area (TPSA) is 57.6 Å². The van der Waals surface area contributed by atoms with E-state index in [2.05, 4.69) is 0 Å². The molecule has 1 N–H and O–H groups in total. The molecule has 2 atom stereocenters. The number of carbonyl (C=O) groups is 2. The maximum atomic E-state index is 10.7. The van der Waals surface area contributed by atoms with Gasteiger partial charge in [0.25, 0.3) is 0 Å². The van der Waals surface area contributed by atoms with Crippen molar-refractivity contribution in [1.82, 2.24) is 4.90 Å². The van der Waals surface area contributed by atoms with E-state index in [1.165, 1.54) is 4.90 Å². The number of nitrogens with zero attached hydrogens (tertiary/aromatic N) is 1. The lowest BCUT2D eigenvalue weighted by atomic mass is 9.91. The molecule has 12 heavy (non-hydrogen) atoms. The highest BCUT2D eigenvalue weighted by Gasteiger charge is 2.33. The van der Waals surface area contributed by atoms with Gasteiger partial charge in [-0.05, 0) is 18.8 Å². The number of hydrogen-bond acceptors (Lipinski definition) is 2. The molecule has 0 aromatic carbocycles. The van der Waals surface area contributed by atoms with Gasteiger partial charge in [0.1, 0.15) is 6.04 Å². The van der Waals surface area contributed by atoms with Gasteiger partial charge in [0, 0.05) is 6.54 Å². The smallest absolute Gasteiger partial charge is 0.326 e. The lowest BCUT2D eigenvalue weighted by Gasteiger charge is -2.34. The van der Waals surface area contributed by atoms with Gasteiger partial charge in [-0.15, -0.1) is 0 Å². The molecule has 0 aliphatic carbocycles. The Morgan fingerprint density at radius 1 is 1.67 bits per heavy atom. The summed E-state index contributed by atoms with van der Waals surface area (Å²) in [6.07, 6.45) is 2.43. The zero-order valence-electron chi connectivity index (χ0n) is 7.06. The third-order valence-corrected chi connectivity index (χ3v) is 2.36. The van der Waals surface area contributed by atoms with Crippen LogP contribution in [0.5, 0.6) is 0 Å². The van der Waals surface area contributed by atoms with Crippen LogP contribution < -0.4 is 0 Å². The molecule has 0 aromatic rings. The van der Waals surface area contributed by atoms with Gasteiger partial charge in [0.15, 0.2) is 0 Å². The van der Waals surface area contributed by atoms with E-state index in [1.54, 1.807) is 0 Å². The molecule has 1 aliphatic rings. The van der Waals surface area contributed by atoms with Gasteiger partial charge in [-0.2, -0.15) is 0 Å². The average molecular weight is 171 g/mol. The fourth-order valence-electron chi connectivity index (χ4n) is 1.72. The number of hydrogen-bond donors (Lipinski definition) is 1. The Morgan fingerprint density at radius 3 is 2.75 bits per heavy atom. The molecule has 0 spiro atoms. The fourth-order valence-corrected chi connectivity index (χ4v) is 1.72. The second-order valence-electron chi connectivity index (χ2n) is 3.25. The van der Waals surface area contributed by atoms with E-state index in [0.717, 1.165) is 12.8 Å². The van der Waals surface area contributed by atoms with E-state index in [-0.39, 0.29) is 5.92 Å². The number of aliphatic carboxylic acids is 1. The monoisotopic (exact) mass is 171 g/mol. The molecule has 4 nitrogen and oxygen atoms in total. The third-order valence-electron chi connectivity index (χ3n) is 2.36. The number of piperidine rings is 1. The minimum Gasteiger partial charge on any atom is -0.480 e. The molecule has 1 amide bonds. The Hall–Kier alpha value is -1.06. The maximum Gasteiger partial charge on any atom is 0.326 e. The number of amides is 1. The standard InChI is InChI=1S/C8H13NO3/c1-6-3-2-4-9(5-10)7(6)8(11)12/h5-7H,2-4H2,1H3,(H,11,12). The molecule has 0 aromatic heterocycles. The summed E-state index contributed by atoms with van der Waals surface area (Å²) in [6, 6.07) is -0.615. The molecule has 0 radical (unpaired) electrons. The third kappa shape index (κ3) is 1.57. The van der Waals surface area contributed by atoms with Gasteiger partial charge in [-0.3, -0.25) is 4.79 Å². The van der Waals surface area contributed by atoms with Crippen LogP contribution in [0.15, 0.2) is 0 Å². The maximum absolute atomic E-state index is 10.7. The fraction of sp³-hybridized carbons (Fsp3) is 0.750. The van der Waals surface area contributed by atoms with Crippen LogP contribution in [0.2, 0.25) is 0 Å². The molecule has 68 valence electrons. The normalized spacial score (nSPS) is 29.9. The van der Waals surface area contributed by atoms with Gasteiger partial charge in [0.05, 0.1) is 0 Å².